The summed E-state index contributed by atoms with van der Waals surface area (Å²) in [6, 6.07) is 2.07. The second-order valence-corrected chi connectivity index (χ2v) is 2.67. The zero-order valence-electron chi connectivity index (χ0n) is 7.85. The molecular weight excluding hydrogens is 245 g/mol. The van der Waals surface area contributed by atoms with Crippen LogP contribution >= 0.6 is 0 Å². The highest BCUT2D eigenvalue weighted by Crippen LogP contribution is 2.30. The van der Waals surface area contributed by atoms with Crippen molar-refractivity contribution in [2.24, 2.45) is 0 Å². The summed E-state index contributed by atoms with van der Waals surface area (Å²) >= 11 is 0. The lowest BCUT2D eigenvalue weighted by Gasteiger charge is -2.06. The largest absolute Gasteiger partial charge is 0.575 e. The van der Waals surface area contributed by atoms with Crippen molar-refractivity contribution in [1.29, 1.82) is 5.26 Å². The van der Waals surface area contributed by atoms with E-state index in [4.69, 9.17) is 11.0 Å². The zero-order valence-corrected chi connectivity index (χ0v) is 7.85. The number of nitro groups is 1. The number of anilines is 1. The maximum atomic E-state index is 11.9. The molecule has 0 saturated heterocycles. The third-order valence-corrected chi connectivity index (χ3v) is 1.50. The maximum Gasteiger partial charge on any atom is 0.575 e. The summed E-state index contributed by atoms with van der Waals surface area (Å²) < 4.78 is 39.0. The zero-order chi connectivity index (χ0) is 13.2. The highest BCUT2D eigenvalue weighted by molar-refractivity contribution is 5.58. The molecule has 0 bridgehead atoms. The van der Waals surface area contributed by atoms with Gasteiger partial charge in [0.15, 0.2) is 5.56 Å². The van der Waals surface area contributed by atoms with Crippen LogP contribution in [0.3, 0.4) is 0 Å². The van der Waals surface area contributed by atoms with Crippen LogP contribution in [-0.4, -0.2) is 16.3 Å². The molecule has 0 aliphatic rings. The summed E-state index contributed by atoms with van der Waals surface area (Å²) in [5.74, 6) is -2.22. The van der Waals surface area contributed by atoms with Gasteiger partial charge in [-0.2, -0.15) is 5.26 Å². The highest BCUT2D eigenvalue weighted by atomic mass is 19.4. The number of rotatable bonds is 2. The second-order valence-electron chi connectivity index (χ2n) is 2.67. The predicted octanol–water partition coefficient (Wildman–Crippen LogP) is 1.34. The minimum atomic E-state index is -5.08. The molecule has 0 aromatic carbocycles. The topological polar surface area (TPSA) is 115 Å². The molecule has 90 valence electrons. The van der Waals surface area contributed by atoms with Crippen molar-refractivity contribution in [1.82, 2.24) is 4.98 Å². The van der Waals surface area contributed by atoms with Crippen LogP contribution in [0.5, 0.6) is 5.88 Å². The van der Waals surface area contributed by atoms with E-state index >= 15 is 0 Å². The summed E-state index contributed by atoms with van der Waals surface area (Å²) in [5.41, 5.74) is 3.94. The fourth-order valence-corrected chi connectivity index (χ4v) is 0.916. The van der Waals surface area contributed by atoms with Gasteiger partial charge in [0.25, 0.3) is 0 Å². The van der Waals surface area contributed by atoms with E-state index in [1.807, 2.05) is 0 Å². The van der Waals surface area contributed by atoms with Gasteiger partial charge in [0.2, 0.25) is 0 Å². The molecule has 0 aliphatic heterocycles. The fourth-order valence-electron chi connectivity index (χ4n) is 0.916. The molecule has 10 heteroatoms. The van der Waals surface area contributed by atoms with Gasteiger partial charge in [0.05, 0.1) is 0 Å². The predicted molar refractivity (Wildman–Crippen MR) is 46.7 cm³/mol. The standard InChI is InChI=1S/C7H3F3N4O3/c8-7(9,10)17-6-4(12)1-3(2-11)5(13-6)14(15)16/h1H,12H2. The number of aromatic nitrogens is 1. The average Bonchev–Trinajstić information content (AvgIpc) is 2.18. The van der Waals surface area contributed by atoms with Crippen molar-refractivity contribution in [3.05, 3.63) is 21.7 Å². The number of hydrogen-bond donors (Lipinski definition) is 1. The molecule has 0 amide bonds. The summed E-state index contributed by atoms with van der Waals surface area (Å²) in [6.07, 6.45) is -5.08. The van der Waals surface area contributed by atoms with Crippen molar-refractivity contribution < 1.29 is 22.8 Å². The number of alkyl halides is 3. The van der Waals surface area contributed by atoms with Crippen LogP contribution in [0.1, 0.15) is 5.56 Å². The quantitative estimate of drug-likeness (QED) is 0.623. The van der Waals surface area contributed by atoms with Crippen molar-refractivity contribution in [2.45, 2.75) is 6.36 Å². The summed E-state index contributed by atoms with van der Waals surface area (Å²) in [7, 11) is 0. The summed E-state index contributed by atoms with van der Waals surface area (Å²) in [4.78, 5) is 12.3. The van der Waals surface area contributed by atoms with E-state index < -0.39 is 34.2 Å². The Morgan fingerprint density at radius 3 is 2.59 bits per heavy atom. The van der Waals surface area contributed by atoms with Crippen LogP contribution in [0.4, 0.5) is 24.7 Å². The smallest absolute Gasteiger partial charge is 0.392 e. The van der Waals surface area contributed by atoms with Crippen LogP contribution in [0.2, 0.25) is 0 Å². The summed E-state index contributed by atoms with van der Waals surface area (Å²) in [5, 5.41) is 18.9. The molecule has 7 nitrogen and oxygen atoms in total. The Morgan fingerprint density at radius 2 is 2.18 bits per heavy atom. The van der Waals surface area contributed by atoms with E-state index in [0.29, 0.717) is 6.07 Å². The number of nitrogen functional groups attached to an aromatic ring is 1. The molecular formula is C7H3F3N4O3. The average molecular weight is 248 g/mol. The van der Waals surface area contributed by atoms with E-state index in [0.717, 1.165) is 0 Å². The first-order chi connectivity index (χ1) is 7.74. The van der Waals surface area contributed by atoms with Crippen molar-refractivity contribution in [2.75, 3.05) is 5.73 Å². The number of halogens is 3. The molecule has 0 saturated carbocycles. The van der Waals surface area contributed by atoms with Crippen molar-refractivity contribution >= 4 is 11.5 Å². The van der Waals surface area contributed by atoms with Gasteiger partial charge in [-0.1, -0.05) is 0 Å². The van der Waals surface area contributed by atoms with E-state index in [1.165, 1.54) is 6.07 Å². The molecule has 1 aromatic heterocycles. The minimum Gasteiger partial charge on any atom is -0.392 e. The van der Waals surface area contributed by atoms with Crippen LogP contribution in [0.15, 0.2) is 6.07 Å². The number of ether oxygens (including phenoxy) is 1. The van der Waals surface area contributed by atoms with Crippen molar-refractivity contribution in [3.63, 3.8) is 0 Å². The Morgan fingerprint density at radius 1 is 1.59 bits per heavy atom. The van der Waals surface area contributed by atoms with Gasteiger partial charge in [0, 0.05) is 4.98 Å². The number of hydrogen-bond acceptors (Lipinski definition) is 6. The number of nitriles is 1. The Labute approximate surface area is 91.4 Å². The number of pyridine rings is 1. The van der Waals surface area contributed by atoms with E-state index in [1.54, 1.807) is 0 Å². The van der Waals surface area contributed by atoms with E-state index in [9.17, 15) is 23.3 Å². The fraction of sp³-hybridized carbons (Fsp3) is 0.143. The van der Waals surface area contributed by atoms with Crippen LogP contribution in [0, 0.1) is 21.4 Å². The lowest BCUT2D eigenvalue weighted by Crippen LogP contribution is -2.19. The molecule has 1 aromatic rings. The monoisotopic (exact) mass is 248 g/mol. The molecule has 0 fully saturated rings. The third kappa shape index (κ3) is 2.94. The van der Waals surface area contributed by atoms with Gasteiger partial charge in [0.1, 0.15) is 11.8 Å². The van der Waals surface area contributed by atoms with Gasteiger partial charge in [-0.25, -0.2) is 0 Å². The number of nitrogens with zero attached hydrogens (tertiary/aromatic N) is 3. The second kappa shape index (κ2) is 4.12. The Kier molecular flexibility index (Phi) is 3.03. The van der Waals surface area contributed by atoms with Gasteiger partial charge in [-0.15, -0.1) is 13.2 Å². The Bertz CT molecular complexity index is 508. The Hall–Kier alpha value is -2.57. The van der Waals surface area contributed by atoms with Gasteiger partial charge in [-0.05, 0) is 11.0 Å². The lowest BCUT2D eigenvalue weighted by atomic mass is 10.2. The van der Waals surface area contributed by atoms with Crippen LogP contribution in [0.25, 0.3) is 0 Å². The molecule has 2 N–H and O–H groups in total. The normalized spacial score (nSPS) is 10.7. The lowest BCUT2D eigenvalue weighted by molar-refractivity contribution is -0.390. The van der Waals surface area contributed by atoms with E-state index in [-0.39, 0.29) is 0 Å². The van der Waals surface area contributed by atoms with E-state index in [2.05, 4.69) is 9.72 Å². The number of nitrogens with two attached hydrogens (primary N) is 1. The molecule has 0 radical (unpaired) electrons. The SMILES string of the molecule is N#Cc1cc(N)c(OC(F)(F)F)nc1[N+](=O)[O-]. The summed E-state index contributed by atoms with van der Waals surface area (Å²) in [6.45, 7) is 0. The first kappa shape index (κ1) is 12.5. The van der Waals surface area contributed by atoms with Gasteiger partial charge < -0.3 is 20.6 Å². The minimum absolute atomic E-state index is 0.554. The maximum absolute atomic E-state index is 11.9. The Balaban J connectivity index is 3.31. The highest BCUT2D eigenvalue weighted by Gasteiger charge is 2.36. The molecule has 17 heavy (non-hydrogen) atoms. The molecule has 0 atom stereocenters. The molecule has 0 aliphatic carbocycles. The molecule has 0 unspecified atom stereocenters. The van der Waals surface area contributed by atoms with Crippen LogP contribution < -0.4 is 10.5 Å². The molecule has 0 spiro atoms. The third-order valence-electron chi connectivity index (χ3n) is 1.50. The molecule has 1 rings (SSSR count). The van der Waals surface area contributed by atoms with Gasteiger partial charge in [-0.3, -0.25) is 0 Å². The first-order valence-electron chi connectivity index (χ1n) is 3.85. The van der Waals surface area contributed by atoms with Crippen LogP contribution in [-0.2, 0) is 0 Å². The first-order valence-corrected chi connectivity index (χ1v) is 3.85. The van der Waals surface area contributed by atoms with Gasteiger partial charge >= 0.3 is 18.1 Å². The van der Waals surface area contributed by atoms with Crippen molar-refractivity contribution in [3.8, 4) is 11.9 Å². The molecule has 1 heterocycles.